The quantitative estimate of drug-likeness (QED) is 0.576. The summed E-state index contributed by atoms with van der Waals surface area (Å²) >= 11 is 0. The van der Waals surface area contributed by atoms with Crippen molar-refractivity contribution in [3.63, 3.8) is 0 Å². The summed E-state index contributed by atoms with van der Waals surface area (Å²) in [5.74, 6) is -1.56. The largest absolute Gasteiger partial charge is 0.481 e. The van der Waals surface area contributed by atoms with Crippen LogP contribution in [0.25, 0.3) is 11.1 Å². The SMILES string of the molecule is O=C(NC1(C(=O)NCC2CCCC2C(=O)O)CCC1)OCC1c2ccccc2-c2ccccc21. The van der Waals surface area contributed by atoms with E-state index < -0.39 is 23.5 Å². The summed E-state index contributed by atoms with van der Waals surface area (Å²) in [6.07, 6.45) is 3.66. The highest BCUT2D eigenvalue weighted by Gasteiger charge is 2.46. The predicted molar refractivity (Wildman–Crippen MR) is 126 cm³/mol. The number of alkyl carbamates (subject to hydrolysis) is 1. The molecule has 3 N–H and O–H groups in total. The van der Waals surface area contributed by atoms with Gasteiger partial charge >= 0.3 is 12.1 Å². The van der Waals surface area contributed by atoms with Crippen molar-refractivity contribution in [2.75, 3.05) is 13.2 Å². The Kier molecular flexibility index (Phi) is 6.02. The molecule has 3 aliphatic rings. The number of aliphatic carboxylic acids is 1. The molecule has 2 saturated carbocycles. The van der Waals surface area contributed by atoms with E-state index in [1.807, 2.05) is 24.3 Å². The van der Waals surface area contributed by atoms with Gasteiger partial charge in [-0.15, -0.1) is 0 Å². The summed E-state index contributed by atoms with van der Waals surface area (Å²) in [7, 11) is 0. The molecule has 0 bridgehead atoms. The number of ether oxygens (including phenoxy) is 1. The summed E-state index contributed by atoms with van der Waals surface area (Å²) in [5.41, 5.74) is 3.62. The second-order valence-electron chi connectivity index (χ2n) is 9.73. The lowest BCUT2D eigenvalue weighted by atomic mass is 9.76. The van der Waals surface area contributed by atoms with Gasteiger partial charge in [-0.2, -0.15) is 0 Å². The smallest absolute Gasteiger partial charge is 0.408 e. The van der Waals surface area contributed by atoms with E-state index >= 15 is 0 Å². The predicted octanol–water partition coefficient (Wildman–Crippen LogP) is 4.06. The molecule has 0 radical (unpaired) electrons. The molecule has 2 fully saturated rings. The molecule has 0 aliphatic heterocycles. The number of rotatable bonds is 7. The minimum atomic E-state index is -0.972. The van der Waals surface area contributed by atoms with Crippen LogP contribution in [0.5, 0.6) is 0 Å². The molecule has 0 heterocycles. The molecule has 0 aromatic heterocycles. The summed E-state index contributed by atoms with van der Waals surface area (Å²) in [6, 6.07) is 16.3. The Morgan fingerprint density at radius 2 is 1.59 bits per heavy atom. The van der Waals surface area contributed by atoms with E-state index in [-0.39, 0.29) is 24.3 Å². The second kappa shape index (κ2) is 9.12. The van der Waals surface area contributed by atoms with Crippen molar-refractivity contribution in [3.8, 4) is 11.1 Å². The maximum absolute atomic E-state index is 13.0. The van der Waals surface area contributed by atoms with Crippen LogP contribution in [-0.4, -0.2) is 41.8 Å². The first-order chi connectivity index (χ1) is 16.5. The third-order valence-electron chi connectivity index (χ3n) is 7.83. The minimum Gasteiger partial charge on any atom is -0.481 e. The zero-order valence-corrected chi connectivity index (χ0v) is 19.1. The summed E-state index contributed by atoms with van der Waals surface area (Å²) in [5, 5.41) is 15.1. The fourth-order valence-corrected chi connectivity index (χ4v) is 5.77. The summed E-state index contributed by atoms with van der Waals surface area (Å²) < 4.78 is 5.64. The van der Waals surface area contributed by atoms with Crippen LogP contribution in [0.15, 0.2) is 48.5 Å². The molecule has 2 atom stereocenters. The van der Waals surface area contributed by atoms with E-state index in [2.05, 4.69) is 34.9 Å². The molecule has 7 heteroatoms. The molecule has 7 nitrogen and oxygen atoms in total. The molecule has 2 amide bonds. The van der Waals surface area contributed by atoms with Gasteiger partial charge in [-0.3, -0.25) is 9.59 Å². The highest BCUT2D eigenvalue weighted by Crippen LogP contribution is 2.44. The fourth-order valence-electron chi connectivity index (χ4n) is 5.77. The number of benzene rings is 2. The first-order valence-corrected chi connectivity index (χ1v) is 12.1. The van der Waals surface area contributed by atoms with E-state index in [1.165, 1.54) is 0 Å². The molecular formula is C27H30N2O5. The van der Waals surface area contributed by atoms with Crippen LogP contribution in [0.1, 0.15) is 55.6 Å². The number of carbonyl (C=O) groups is 3. The maximum atomic E-state index is 13.0. The average Bonchev–Trinajstić information content (AvgIpc) is 3.41. The van der Waals surface area contributed by atoms with Crippen molar-refractivity contribution in [3.05, 3.63) is 59.7 Å². The van der Waals surface area contributed by atoms with Crippen molar-refractivity contribution < 1.29 is 24.2 Å². The molecule has 0 saturated heterocycles. The first kappa shape index (κ1) is 22.4. The van der Waals surface area contributed by atoms with Crippen LogP contribution in [0, 0.1) is 11.8 Å². The topological polar surface area (TPSA) is 105 Å². The standard InChI is InChI=1S/C27H30N2O5/c30-24(31)18-12-5-7-17(18)15-28-25(32)27(13-6-14-27)29-26(33)34-16-23-21-10-3-1-8-19(21)20-9-2-4-11-22(20)23/h1-4,8-11,17-18,23H,5-7,12-16H2,(H,28,32)(H,29,33)(H,30,31). The highest BCUT2D eigenvalue weighted by molar-refractivity contribution is 5.91. The molecule has 34 heavy (non-hydrogen) atoms. The third kappa shape index (κ3) is 4.04. The van der Waals surface area contributed by atoms with Gasteiger partial charge in [-0.1, -0.05) is 55.0 Å². The second-order valence-corrected chi connectivity index (χ2v) is 9.73. The van der Waals surface area contributed by atoms with Crippen LogP contribution in [0.4, 0.5) is 4.79 Å². The van der Waals surface area contributed by atoms with Gasteiger partial charge in [0.25, 0.3) is 0 Å². The lowest BCUT2D eigenvalue weighted by molar-refractivity contribution is -0.143. The number of hydrogen-bond acceptors (Lipinski definition) is 4. The molecule has 178 valence electrons. The normalized spacial score (nSPS) is 22.2. The van der Waals surface area contributed by atoms with E-state index in [0.717, 1.165) is 41.5 Å². The van der Waals surface area contributed by atoms with Crippen molar-refractivity contribution in [2.24, 2.45) is 11.8 Å². The summed E-state index contributed by atoms with van der Waals surface area (Å²) in [4.78, 5) is 37.1. The number of nitrogens with one attached hydrogen (secondary N) is 2. The van der Waals surface area contributed by atoms with Crippen molar-refractivity contribution in [2.45, 2.75) is 50.0 Å². The number of carbonyl (C=O) groups excluding carboxylic acids is 2. The Labute approximate surface area is 198 Å². The van der Waals surface area contributed by atoms with Crippen LogP contribution >= 0.6 is 0 Å². The molecule has 2 unspecified atom stereocenters. The number of hydrogen-bond donors (Lipinski definition) is 3. The van der Waals surface area contributed by atoms with Gasteiger partial charge < -0.3 is 20.5 Å². The van der Waals surface area contributed by atoms with Gasteiger partial charge in [0.05, 0.1) is 5.92 Å². The van der Waals surface area contributed by atoms with Crippen molar-refractivity contribution in [1.82, 2.24) is 10.6 Å². The van der Waals surface area contributed by atoms with E-state index in [4.69, 9.17) is 4.74 Å². The van der Waals surface area contributed by atoms with Gasteiger partial charge in [0, 0.05) is 12.5 Å². The van der Waals surface area contributed by atoms with E-state index in [9.17, 15) is 19.5 Å². The molecule has 5 rings (SSSR count). The minimum absolute atomic E-state index is 0.0420. The third-order valence-corrected chi connectivity index (χ3v) is 7.83. The number of amides is 2. The van der Waals surface area contributed by atoms with Crippen molar-refractivity contribution >= 4 is 18.0 Å². The Morgan fingerprint density at radius 1 is 0.941 bits per heavy atom. The molecule has 3 aliphatic carbocycles. The number of carboxylic acid groups (broad SMARTS) is 1. The van der Waals surface area contributed by atoms with Gasteiger partial charge in [0.1, 0.15) is 12.1 Å². The van der Waals surface area contributed by atoms with Gasteiger partial charge in [0.2, 0.25) is 5.91 Å². The van der Waals surface area contributed by atoms with Gasteiger partial charge in [-0.25, -0.2) is 4.79 Å². The number of carboxylic acids is 1. The Balaban J connectivity index is 1.19. The van der Waals surface area contributed by atoms with Gasteiger partial charge in [0.15, 0.2) is 0 Å². The van der Waals surface area contributed by atoms with E-state index in [1.54, 1.807) is 0 Å². The van der Waals surface area contributed by atoms with Crippen LogP contribution in [0.2, 0.25) is 0 Å². The lowest BCUT2D eigenvalue weighted by Gasteiger charge is -2.40. The van der Waals surface area contributed by atoms with Crippen LogP contribution in [0.3, 0.4) is 0 Å². The lowest BCUT2D eigenvalue weighted by Crippen LogP contribution is -2.63. The fraction of sp³-hybridized carbons (Fsp3) is 0.444. The first-order valence-electron chi connectivity index (χ1n) is 12.1. The van der Waals surface area contributed by atoms with Crippen LogP contribution in [-0.2, 0) is 14.3 Å². The van der Waals surface area contributed by atoms with E-state index in [0.29, 0.717) is 25.8 Å². The summed E-state index contributed by atoms with van der Waals surface area (Å²) in [6.45, 7) is 0.518. The highest BCUT2D eigenvalue weighted by atomic mass is 16.5. The number of fused-ring (bicyclic) bond motifs is 3. The Hall–Kier alpha value is -3.35. The maximum Gasteiger partial charge on any atom is 0.408 e. The average molecular weight is 463 g/mol. The molecular weight excluding hydrogens is 432 g/mol. The zero-order valence-electron chi connectivity index (χ0n) is 19.1. The van der Waals surface area contributed by atoms with Crippen LogP contribution < -0.4 is 10.6 Å². The molecule has 2 aromatic carbocycles. The van der Waals surface area contributed by atoms with Crippen molar-refractivity contribution in [1.29, 1.82) is 0 Å². The molecule has 2 aromatic rings. The Bertz CT molecular complexity index is 1060. The Morgan fingerprint density at radius 3 is 2.18 bits per heavy atom. The molecule has 0 spiro atoms. The monoisotopic (exact) mass is 462 g/mol. The zero-order chi connectivity index (χ0) is 23.7. The van der Waals surface area contributed by atoms with Gasteiger partial charge in [-0.05, 0) is 60.3 Å².